The van der Waals surface area contributed by atoms with Crippen molar-refractivity contribution in [2.24, 2.45) is 33.6 Å². The fraction of sp³-hybridized carbons (Fsp3) is 0.696. The molecule has 0 bridgehead atoms. The molecule has 1 aliphatic heterocycles. The van der Waals surface area contributed by atoms with Gasteiger partial charge >= 0.3 is 0 Å². The Kier molecular flexibility index (Phi) is 3.55. The summed E-state index contributed by atoms with van der Waals surface area (Å²) in [5.74, 6) is 1.31. The lowest BCUT2D eigenvalue weighted by molar-refractivity contribution is -0.142. The van der Waals surface area contributed by atoms with E-state index in [2.05, 4.69) is 13.8 Å². The summed E-state index contributed by atoms with van der Waals surface area (Å²) < 4.78 is 6.05. The van der Waals surface area contributed by atoms with Crippen molar-refractivity contribution in [1.29, 1.82) is 0 Å². The van der Waals surface area contributed by atoms with Crippen LogP contribution in [-0.2, 0) is 14.3 Å². The Morgan fingerprint density at radius 3 is 2.82 bits per heavy atom. The van der Waals surface area contributed by atoms with Gasteiger partial charge in [0.05, 0.1) is 6.10 Å². The molecule has 0 saturated heterocycles. The molecule has 0 aromatic rings. The topological polar surface area (TPSA) is 76.0 Å². The number of ketones is 2. The van der Waals surface area contributed by atoms with Crippen molar-refractivity contribution in [2.75, 3.05) is 0 Å². The fourth-order valence-corrected chi connectivity index (χ4v) is 7.84. The smallest absolute Gasteiger partial charge is 0.181 e. The Balaban J connectivity index is 1.61. The number of carbonyl (C=O) groups excluding carboxylic acids is 2. The fourth-order valence-electron chi connectivity index (χ4n) is 7.84. The van der Waals surface area contributed by atoms with Crippen LogP contribution in [0.2, 0.25) is 0 Å². The molecule has 3 saturated carbocycles. The number of Topliss-reactive ketones (excluding diaryl/α,β-unsaturated/α-hetero) is 1. The Morgan fingerprint density at radius 1 is 1.36 bits per heavy atom. The third kappa shape index (κ3) is 1.94. The van der Waals surface area contributed by atoms with Crippen LogP contribution < -0.4 is 0 Å². The third-order valence-corrected chi connectivity index (χ3v) is 8.87. The number of ether oxygens (including phenoxy) is 1. The summed E-state index contributed by atoms with van der Waals surface area (Å²) >= 11 is 0. The summed E-state index contributed by atoms with van der Waals surface area (Å²) in [4.78, 5) is 29.6. The van der Waals surface area contributed by atoms with E-state index in [-0.39, 0.29) is 40.8 Å². The molecular formula is C23H29NO4. The summed E-state index contributed by atoms with van der Waals surface area (Å²) in [5.41, 5.74) is -0.427. The van der Waals surface area contributed by atoms with E-state index in [1.165, 1.54) is 0 Å². The van der Waals surface area contributed by atoms with Crippen LogP contribution in [0.5, 0.6) is 0 Å². The third-order valence-electron chi connectivity index (χ3n) is 8.87. The number of aliphatic hydroxyl groups is 1. The Morgan fingerprint density at radius 2 is 2.11 bits per heavy atom. The zero-order valence-corrected chi connectivity index (χ0v) is 17.1. The molecule has 8 atom stereocenters. The van der Waals surface area contributed by atoms with Crippen molar-refractivity contribution in [3.8, 4) is 0 Å². The average Bonchev–Trinajstić information content (AvgIpc) is 3.06. The molecule has 0 amide bonds. The van der Waals surface area contributed by atoms with Gasteiger partial charge in [0.1, 0.15) is 6.10 Å². The highest BCUT2D eigenvalue weighted by molar-refractivity contribution is 6.01. The normalized spacial score (nSPS) is 51.3. The molecule has 5 rings (SSSR count). The summed E-state index contributed by atoms with van der Waals surface area (Å²) in [7, 11) is 0. The standard InChI is InChI=1S/C23H29NO4/c1-12(25)23-19(28-13(2)24-23)10-17-16-6-5-14-9-15(26)7-8-21(14,3)20(16)18(27)11-22(17,23)4/h7-9,16-20,27H,5-6,10-11H2,1-4H3/t16-,17-,18-,19+,20+,21-,22-,23+/m0/s1. The SMILES string of the molecule is CC(=O)[C@@]12N=C(C)O[C@@H]1C[C@H]1[C@@H]3CCC4=CC(=O)C=C[C@]4(C)[C@H]3[C@@H](O)C[C@@]12C. The lowest BCUT2D eigenvalue weighted by Crippen LogP contribution is -2.61. The van der Waals surface area contributed by atoms with Gasteiger partial charge in [0.15, 0.2) is 23.0 Å². The second-order valence-electron chi connectivity index (χ2n) is 10.0. The number of fused-ring (bicyclic) bond motifs is 7. The second-order valence-corrected chi connectivity index (χ2v) is 10.0. The van der Waals surface area contributed by atoms with Crippen LogP contribution in [0.25, 0.3) is 0 Å². The minimum atomic E-state index is -0.872. The van der Waals surface area contributed by atoms with Gasteiger partial charge in [-0.3, -0.25) is 9.59 Å². The van der Waals surface area contributed by atoms with Crippen molar-refractivity contribution in [3.05, 3.63) is 23.8 Å². The molecule has 5 nitrogen and oxygen atoms in total. The first kappa shape index (κ1) is 18.3. The minimum Gasteiger partial charge on any atom is -0.475 e. The molecule has 28 heavy (non-hydrogen) atoms. The monoisotopic (exact) mass is 383 g/mol. The molecular weight excluding hydrogens is 354 g/mol. The minimum absolute atomic E-state index is 0.0465. The van der Waals surface area contributed by atoms with Crippen LogP contribution in [-0.4, -0.2) is 40.3 Å². The number of aliphatic imine (C=N–C) groups is 1. The zero-order valence-electron chi connectivity index (χ0n) is 17.1. The van der Waals surface area contributed by atoms with Crippen molar-refractivity contribution < 1.29 is 19.4 Å². The van der Waals surface area contributed by atoms with Crippen molar-refractivity contribution in [3.63, 3.8) is 0 Å². The van der Waals surface area contributed by atoms with E-state index in [1.54, 1.807) is 19.1 Å². The Bertz CT molecular complexity index is 872. The predicted molar refractivity (Wildman–Crippen MR) is 105 cm³/mol. The number of allylic oxidation sites excluding steroid dienone is 4. The van der Waals surface area contributed by atoms with E-state index in [1.807, 2.05) is 13.0 Å². The molecule has 5 aliphatic rings. The van der Waals surface area contributed by atoms with Crippen LogP contribution >= 0.6 is 0 Å². The van der Waals surface area contributed by atoms with Gasteiger partial charge in [-0.1, -0.05) is 25.5 Å². The number of aliphatic hydroxyl groups excluding tert-OH is 1. The van der Waals surface area contributed by atoms with Crippen LogP contribution in [0.15, 0.2) is 28.8 Å². The van der Waals surface area contributed by atoms with Crippen LogP contribution in [0.4, 0.5) is 0 Å². The van der Waals surface area contributed by atoms with E-state index < -0.39 is 17.1 Å². The first-order valence-electron chi connectivity index (χ1n) is 10.5. The van der Waals surface area contributed by atoms with E-state index in [4.69, 9.17) is 9.73 Å². The first-order chi connectivity index (χ1) is 13.1. The van der Waals surface area contributed by atoms with Gasteiger partial charge in [0.25, 0.3) is 0 Å². The summed E-state index contributed by atoms with van der Waals surface area (Å²) in [5, 5.41) is 11.4. The summed E-state index contributed by atoms with van der Waals surface area (Å²) in [6.07, 6.45) is 7.84. The molecule has 1 heterocycles. The van der Waals surface area contributed by atoms with Gasteiger partial charge in [0, 0.05) is 23.7 Å². The van der Waals surface area contributed by atoms with Gasteiger partial charge in [-0.2, -0.15) is 0 Å². The predicted octanol–water partition coefficient (Wildman–Crippen LogP) is 3.02. The summed E-state index contributed by atoms with van der Waals surface area (Å²) in [6.45, 7) is 7.77. The highest BCUT2D eigenvalue weighted by Gasteiger charge is 2.73. The molecule has 0 unspecified atom stereocenters. The maximum atomic E-state index is 12.9. The van der Waals surface area contributed by atoms with Gasteiger partial charge in [0.2, 0.25) is 0 Å². The van der Waals surface area contributed by atoms with Crippen molar-refractivity contribution in [2.45, 2.75) is 71.1 Å². The van der Waals surface area contributed by atoms with Crippen molar-refractivity contribution >= 4 is 17.5 Å². The van der Waals surface area contributed by atoms with Gasteiger partial charge in [-0.05, 0) is 56.6 Å². The van der Waals surface area contributed by atoms with Gasteiger partial charge in [-0.25, -0.2) is 4.99 Å². The van der Waals surface area contributed by atoms with Gasteiger partial charge in [-0.15, -0.1) is 0 Å². The average molecular weight is 383 g/mol. The maximum Gasteiger partial charge on any atom is 0.181 e. The zero-order chi connectivity index (χ0) is 20.1. The number of rotatable bonds is 1. The van der Waals surface area contributed by atoms with Gasteiger partial charge < -0.3 is 9.84 Å². The summed E-state index contributed by atoms with van der Waals surface area (Å²) in [6, 6.07) is 0. The van der Waals surface area contributed by atoms with E-state index in [0.29, 0.717) is 12.3 Å². The highest BCUT2D eigenvalue weighted by atomic mass is 16.5. The molecule has 0 aromatic heterocycles. The number of hydrogen-bond acceptors (Lipinski definition) is 5. The molecule has 0 spiro atoms. The quantitative estimate of drug-likeness (QED) is 0.755. The van der Waals surface area contributed by atoms with E-state index in [0.717, 1.165) is 24.8 Å². The highest BCUT2D eigenvalue weighted by Crippen LogP contribution is 2.69. The molecule has 1 N–H and O–H groups in total. The number of nitrogens with zero attached hydrogens (tertiary/aromatic N) is 1. The maximum absolute atomic E-state index is 12.9. The molecule has 5 heteroatoms. The number of carbonyl (C=O) groups is 2. The van der Waals surface area contributed by atoms with Crippen LogP contribution in [0.3, 0.4) is 0 Å². The Labute approximate surface area is 165 Å². The Hall–Kier alpha value is -1.75. The first-order valence-corrected chi connectivity index (χ1v) is 10.5. The number of hydrogen-bond donors (Lipinski definition) is 1. The van der Waals surface area contributed by atoms with E-state index in [9.17, 15) is 14.7 Å². The molecule has 0 radical (unpaired) electrons. The molecule has 0 aromatic carbocycles. The van der Waals surface area contributed by atoms with E-state index >= 15 is 0 Å². The molecule has 4 aliphatic carbocycles. The molecule has 3 fully saturated rings. The van der Waals surface area contributed by atoms with Crippen LogP contribution in [0, 0.1) is 28.6 Å². The van der Waals surface area contributed by atoms with Crippen molar-refractivity contribution in [1.82, 2.24) is 0 Å². The largest absolute Gasteiger partial charge is 0.475 e. The lowest BCUT2D eigenvalue weighted by atomic mass is 9.46. The second kappa shape index (κ2) is 5.44. The van der Waals surface area contributed by atoms with Crippen LogP contribution in [0.1, 0.15) is 53.4 Å². The lowest BCUT2D eigenvalue weighted by Gasteiger charge is -2.59. The molecule has 150 valence electrons.